The maximum Gasteiger partial charge on any atom is 0.120 e. The van der Waals surface area contributed by atoms with Gasteiger partial charge in [-0.1, -0.05) is 28.1 Å². The third-order valence-electron chi connectivity index (χ3n) is 3.45. The Labute approximate surface area is 114 Å². The highest BCUT2D eigenvalue weighted by molar-refractivity contribution is 9.10. The summed E-state index contributed by atoms with van der Waals surface area (Å²) in [4.78, 5) is 8.05. The van der Waals surface area contributed by atoms with Gasteiger partial charge in [-0.3, -0.25) is 0 Å². The standard InChI is InChI=1S/C14H13BrN2O/c15-13-5-3-11(4-6-13)14(18,10-1-2-10)12-7-16-9-17-8-12/h3-10,18H,1-2H2/t14-/m0/s1. The maximum atomic E-state index is 11.1. The molecule has 1 atom stereocenters. The number of aliphatic hydroxyl groups is 1. The lowest BCUT2D eigenvalue weighted by Crippen LogP contribution is -2.30. The fourth-order valence-electron chi connectivity index (χ4n) is 2.34. The third-order valence-corrected chi connectivity index (χ3v) is 3.98. The molecule has 1 aliphatic carbocycles. The van der Waals surface area contributed by atoms with Crippen molar-refractivity contribution in [2.24, 2.45) is 5.92 Å². The van der Waals surface area contributed by atoms with Gasteiger partial charge in [-0.2, -0.15) is 0 Å². The number of benzene rings is 1. The van der Waals surface area contributed by atoms with Crippen molar-refractivity contribution in [1.82, 2.24) is 9.97 Å². The normalized spacial score (nSPS) is 18.3. The van der Waals surface area contributed by atoms with Crippen molar-refractivity contribution >= 4 is 15.9 Å². The number of aromatic nitrogens is 2. The van der Waals surface area contributed by atoms with Crippen LogP contribution in [0, 0.1) is 5.92 Å². The maximum absolute atomic E-state index is 11.1. The van der Waals surface area contributed by atoms with E-state index in [4.69, 9.17) is 0 Å². The zero-order chi connectivity index (χ0) is 12.6. The van der Waals surface area contributed by atoms with Gasteiger partial charge in [0.1, 0.15) is 11.9 Å². The SMILES string of the molecule is O[C@@](c1ccc(Br)cc1)(c1cncnc1)C1CC1. The van der Waals surface area contributed by atoms with Crippen LogP contribution in [0.25, 0.3) is 0 Å². The van der Waals surface area contributed by atoms with E-state index in [1.165, 1.54) is 6.33 Å². The van der Waals surface area contributed by atoms with Gasteiger partial charge in [-0.15, -0.1) is 0 Å². The summed E-state index contributed by atoms with van der Waals surface area (Å²) in [6.07, 6.45) is 6.97. The second-order valence-electron chi connectivity index (χ2n) is 4.67. The number of halogens is 1. The second kappa shape index (κ2) is 4.44. The summed E-state index contributed by atoms with van der Waals surface area (Å²) in [5.41, 5.74) is 0.722. The minimum Gasteiger partial charge on any atom is -0.380 e. The predicted octanol–water partition coefficient (Wildman–Crippen LogP) is 2.89. The van der Waals surface area contributed by atoms with Crippen molar-refractivity contribution in [2.45, 2.75) is 18.4 Å². The zero-order valence-corrected chi connectivity index (χ0v) is 11.3. The van der Waals surface area contributed by atoms with E-state index in [0.717, 1.165) is 28.4 Å². The first-order chi connectivity index (χ1) is 8.71. The Bertz CT molecular complexity index is 539. The lowest BCUT2D eigenvalue weighted by Gasteiger charge is -2.28. The number of hydrogen-bond donors (Lipinski definition) is 1. The molecule has 18 heavy (non-hydrogen) atoms. The monoisotopic (exact) mass is 304 g/mol. The van der Waals surface area contributed by atoms with Crippen LogP contribution >= 0.6 is 15.9 Å². The minimum atomic E-state index is -0.956. The van der Waals surface area contributed by atoms with Crippen LogP contribution in [0.3, 0.4) is 0 Å². The molecule has 1 fully saturated rings. The molecule has 1 heterocycles. The van der Waals surface area contributed by atoms with Gasteiger partial charge in [-0.05, 0) is 36.5 Å². The molecular formula is C14H13BrN2O. The van der Waals surface area contributed by atoms with Gasteiger partial charge >= 0.3 is 0 Å². The molecule has 0 amide bonds. The van der Waals surface area contributed by atoms with Gasteiger partial charge in [0.25, 0.3) is 0 Å². The van der Waals surface area contributed by atoms with E-state index < -0.39 is 5.60 Å². The molecule has 3 nitrogen and oxygen atoms in total. The molecule has 4 heteroatoms. The molecule has 1 N–H and O–H groups in total. The van der Waals surface area contributed by atoms with Gasteiger partial charge in [0.15, 0.2) is 0 Å². The first-order valence-corrected chi connectivity index (χ1v) is 6.74. The minimum absolute atomic E-state index is 0.268. The van der Waals surface area contributed by atoms with Crippen LogP contribution in [0.2, 0.25) is 0 Å². The fourth-order valence-corrected chi connectivity index (χ4v) is 2.60. The molecule has 3 rings (SSSR count). The van der Waals surface area contributed by atoms with E-state index in [1.54, 1.807) is 12.4 Å². The highest BCUT2D eigenvalue weighted by atomic mass is 79.9. The Morgan fingerprint density at radius 3 is 2.22 bits per heavy atom. The summed E-state index contributed by atoms with van der Waals surface area (Å²) in [6.45, 7) is 0. The van der Waals surface area contributed by atoms with E-state index in [-0.39, 0.29) is 5.92 Å². The highest BCUT2D eigenvalue weighted by Gasteiger charge is 2.46. The van der Waals surface area contributed by atoms with Crippen LogP contribution in [-0.4, -0.2) is 15.1 Å². The van der Waals surface area contributed by atoms with Gasteiger partial charge in [0, 0.05) is 22.4 Å². The van der Waals surface area contributed by atoms with E-state index in [9.17, 15) is 5.11 Å². The van der Waals surface area contributed by atoms with E-state index in [1.807, 2.05) is 24.3 Å². The number of nitrogens with zero attached hydrogens (tertiary/aromatic N) is 2. The van der Waals surface area contributed by atoms with Crippen molar-refractivity contribution < 1.29 is 5.11 Å². The second-order valence-corrected chi connectivity index (χ2v) is 5.59. The fraction of sp³-hybridized carbons (Fsp3) is 0.286. The van der Waals surface area contributed by atoms with Gasteiger partial charge < -0.3 is 5.11 Å². The van der Waals surface area contributed by atoms with Gasteiger partial charge in [0.05, 0.1) is 0 Å². The van der Waals surface area contributed by atoms with Crippen LogP contribution in [0.15, 0.2) is 47.5 Å². The summed E-state index contributed by atoms with van der Waals surface area (Å²) in [7, 11) is 0. The van der Waals surface area contributed by atoms with E-state index in [0.29, 0.717) is 0 Å². The summed E-state index contributed by atoms with van der Waals surface area (Å²) < 4.78 is 1.01. The zero-order valence-electron chi connectivity index (χ0n) is 9.75. The molecule has 92 valence electrons. The molecule has 1 aromatic heterocycles. The average Bonchev–Trinajstić information content (AvgIpc) is 3.24. The predicted molar refractivity (Wildman–Crippen MR) is 71.9 cm³/mol. The first kappa shape index (κ1) is 11.8. The molecule has 1 aromatic carbocycles. The molecule has 0 saturated heterocycles. The van der Waals surface area contributed by atoms with Crippen molar-refractivity contribution in [2.75, 3.05) is 0 Å². The number of rotatable bonds is 3. The van der Waals surface area contributed by atoms with Crippen molar-refractivity contribution in [3.05, 3.63) is 58.6 Å². The van der Waals surface area contributed by atoms with E-state index >= 15 is 0 Å². The summed E-state index contributed by atoms with van der Waals surface area (Å²) in [5.74, 6) is 0.268. The van der Waals surface area contributed by atoms with Crippen molar-refractivity contribution in [1.29, 1.82) is 0 Å². The van der Waals surface area contributed by atoms with Gasteiger partial charge in [0.2, 0.25) is 0 Å². The first-order valence-electron chi connectivity index (χ1n) is 5.95. The smallest absolute Gasteiger partial charge is 0.120 e. The highest BCUT2D eigenvalue weighted by Crippen LogP contribution is 2.49. The Morgan fingerprint density at radius 1 is 1.06 bits per heavy atom. The molecule has 0 bridgehead atoms. The number of hydrogen-bond acceptors (Lipinski definition) is 3. The molecule has 0 radical (unpaired) electrons. The van der Waals surface area contributed by atoms with Crippen LogP contribution in [-0.2, 0) is 5.60 Å². The van der Waals surface area contributed by atoms with Crippen LogP contribution in [0.1, 0.15) is 24.0 Å². The quantitative estimate of drug-likeness (QED) is 0.948. The van der Waals surface area contributed by atoms with Crippen LogP contribution in [0.4, 0.5) is 0 Å². The summed E-state index contributed by atoms with van der Waals surface area (Å²) in [5, 5.41) is 11.1. The topological polar surface area (TPSA) is 46.0 Å². The Morgan fingerprint density at radius 2 is 1.67 bits per heavy atom. The van der Waals surface area contributed by atoms with Crippen LogP contribution < -0.4 is 0 Å². The largest absolute Gasteiger partial charge is 0.380 e. The lowest BCUT2D eigenvalue weighted by molar-refractivity contribution is 0.0557. The Balaban J connectivity index is 2.09. The summed E-state index contributed by atoms with van der Waals surface area (Å²) in [6, 6.07) is 7.81. The van der Waals surface area contributed by atoms with Crippen molar-refractivity contribution in [3.8, 4) is 0 Å². The average molecular weight is 305 g/mol. The molecule has 0 aliphatic heterocycles. The summed E-state index contributed by atoms with van der Waals surface area (Å²) >= 11 is 3.41. The Kier molecular flexibility index (Phi) is 2.92. The Hall–Kier alpha value is -1.26. The van der Waals surface area contributed by atoms with Crippen molar-refractivity contribution in [3.63, 3.8) is 0 Å². The molecular weight excluding hydrogens is 292 g/mol. The molecule has 1 aliphatic rings. The van der Waals surface area contributed by atoms with Gasteiger partial charge in [-0.25, -0.2) is 9.97 Å². The third kappa shape index (κ3) is 1.95. The van der Waals surface area contributed by atoms with Crippen LogP contribution in [0.5, 0.6) is 0 Å². The van der Waals surface area contributed by atoms with E-state index in [2.05, 4.69) is 25.9 Å². The molecule has 0 unspecified atom stereocenters. The molecule has 0 spiro atoms. The molecule has 2 aromatic rings. The molecule has 1 saturated carbocycles. The lowest BCUT2D eigenvalue weighted by atomic mass is 9.83.